The predicted molar refractivity (Wildman–Crippen MR) is 98.2 cm³/mol. The number of H-pyrrole nitrogens is 1. The maximum atomic E-state index is 13.1. The molecule has 1 fully saturated rings. The maximum absolute atomic E-state index is 13.1. The molecule has 6 heteroatoms. The van der Waals surface area contributed by atoms with Gasteiger partial charge in [0.2, 0.25) is 11.8 Å². The topological polar surface area (TPSA) is 56.4 Å². The van der Waals surface area contributed by atoms with E-state index in [1.165, 1.54) is 12.1 Å². The van der Waals surface area contributed by atoms with Gasteiger partial charge in [-0.15, -0.1) is 0 Å². The van der Waals surface area contributed by atoms with Crippen LogP contribution in [0.3, 0.4) is 0 Å². The Morgan fingerprint density at radius 1 is 1.04 bits per heavy atom. The third-order valence-corrected chi connectivity index (χ3v) is 5.53. The number of carbonyl (C=O) groups excluding carboxylic acids is 2. The molecular formula is C21H18FN3O2. The van der Waals surface area contributed by atoms with E-state index in [1.807, 2.05) is 24.3 Å². The number of para-hydroxylation sites is 1. The van der Waals surface area contributed by atoms with Gasteiger partial charge in [-0.2, -0.15) is 0 Å². The summed E-state index contributed by atoms with van der Waals surface area (Å²) in [6.07, 6.45) is 0.518. The molecule has 1 aromatic heterocycles. The van der Waals surface area contributed by atoms with E-state index < -0.39 is 6.04 Å². The van der Waals surface area contributed by atoms with Crippen molar-refractivity contribution in [3.05, 3.63) is 71.2 Å². The van der Waals surface area contributed by atoms with Crippen molar-refractivity contribution in [2.45, 2.75) is 25.6 Å². The first-order chi connectivity index (χ1) is 13.1. The van der Waals surface area contributed by atoms with E-state index in [1.54, 1.807) is 21.9 Å². The van der Waals surface area contributed by atoms with E-state index in [2.05, 4.69) is 4.98 Å². The highest BCUT2D eigenvalue weighted by Gasteiger charge is 2.42. The second kappa shape index (κ2) is 5.94. The molecule has 2 amide bonds. The molecule has 5 rings (SSSR count). The molecular weight excluding hydrogens is 345 g/mol. The van der Waals surface area contributed by atoms with E-state index in [0.717, 1.165) is 27.7 Å². The molecule has 2 aliphatic rings. The van der Waals surface area contributed by atoms with Crippen LogP contribution < -0.4 is 0 Å². The molecule has 1 atom stereocenters. The Morgan fingerprint density at radius 3 is 2.63 bits per heavy atom. The van der Waals surface area contributed by atoms with Gasteiger partial charge in [-0.25, -0.2) is 4.39 Å². The average Bonchev–Trinajstić information content (AvgIpc) is 3.04. The minimum Gasteiger partial charge on any atom is -0.357 e. The van der Waals surface area contributed by atoms with Gasteiger partial charge in [0.25, 0.3) is 0 Å². The fourth-order valence-electron chi connectivity index (χ4n) is 4.18. The average molecular weight is 363 g/mol. The number of aromatic amines is 1. The van der Waals surface area contributed by atoms with Gasteiger partial charge in [-0.3, -0.25) is 9.59 Å². The number of hydrogen-bond donors (Lipinski definition) is 1. The Bertz CT molecular complexity index is 1060. The first-order valence-electron chi connectivity index (χ1n) is 9.01. The number of carbonyl (C=O) groups is 2. The van der Waals surface area contributed by atoms with Crippen LogP contribution in [0.2, 0.25) is 0 Å². The number of amides is 2. The highest BCUT2D eigenvalue weighted by atomic mass is 19.1. The summed E-state index contributed by atoms with van der Waals surface area (Å²) in [6, 6.07) is 13.6. The lowest BCUT2D eigenvalue weighted by atomic mass is 9.93. The normalized spacial score (nSPS) is 19.4. The van der Waals surface area contributed by atoms with Crippen molar-refractivity contribution in [2.75, 3.05) is 6.54 Å². The van der Waals surface area contributed by atoms with E-state index in [-0.39, 0.29) is 24.2 Å². The molecule has 27 heavy (non-hydrogen) atoms. The van der Waals surface area contributed by atoms with E-state index >= 15 is 0 Å². The number of benzene rings is 2. The van der Waals surface area contributed by atoms with Gasteiger partial charge in [0, 0.05) is 29.6 Å². The van der Waals surface area contributed by atoms with Crippen LogP contribution in [0.5, 0.6) is 0 Å². The first kappa shape index (κ1) is 16.1. The summed E-state index contributed by atoms with van der Waals surface area (Å²) in [7, 11) is 0. The lowest BCUT2D eigenvalue weighted by molar-refractivity contribution is -0.157. The standard InChI is InChI=1S/C21H18FN3O2/c22-14-7-5-13(6-8-14)10-24-12-20(26)25-11-18-16(9-19(25)21(24)27)15-3-1-2-4-17(15)23-18/h1-8,19,23H,9-12H2/t19-/m1/s1. The first-order valence-corrected chi connectivity index (χ1v) is 9.01. The van der Waals surface area contributed by atoms with Crippen LogP contribution in [0.1, 0.15) is 16.8 Å². The van der Waals surface area contributed by atoms with Crippen molar-refractivity contribution in [2.24, 2.45) is 0 Å². The van der Waals surface area contributed by atoms with Gasteiger partial charge in [0.15, 0.2) is 0 Å². The number of nitrogens with one attached hydrogen (secondary N) is 1. The Labute approximate surface area is 155 Å². The van der Waals surface area contributed by atoms with Crippen molar-refractivity contribution in [1.29, 1.82) is 0 Å². The number of halogens is 1. The Hall–Kier alpha value is -3.15. The number of nitrogens with zero attached hydrogens (tertiary/aromatic N) is 2. The number of fused-ring (bicyclic) bond motifs is 4. The van der Waals surface area contributed by atoms with Gasteiger partial charge in [0.1, 0.15) is 18.4 Å². The lowest BCUT2D eigenvalue weighted by Gasteiger charge is -2.42. The van der Waals surface area contributed by atoms with Crippen molar-refractivity contribution < 1.29 is 14.0 Å². The van der Waals surface area contributed by atoms with Gasteiger partial charge >= 0.3 is 0 Å². The number of aromatic nitrogens is 1. The molecule has 136 valence electrons. The van der Waals surface area contributed by atoms with Crippen LogP contribution in [-0.4, -0.2) is 39.2 Å². The summed E-state index contributed by atoms with van der Waals surface area (Å²) < 4.78 is 13.1. The number of hydrogen-bond acceptors (Lipinski definition) is 2. The van der Waals surface area contributed by atoms with Crippen LogP contribution in [0.4, 0.5) is 4.39 Å². The minimum absolute atomic E-state index is 0.0464. The zero-order chi connectivity index (χ0) is 18.5. The molecule has 2 aromatic carbocycles. The van der Waals surface area contributed by atoms with Crippen LogP contribution in [0.15, 0.2) is 48.5 Å². The SMILES string of the molecule is O=C1[C@H]2Cc3c([nH]c4ccccc34)CN2C(=O)CN1Cc1ccc(F)cc1. The lowest BCUT2D eigenvalue weighted by Crippen LogP contribution is -2.61. The monoisotopic (exact) mass is 363 g/mol. The summed E-state index contributed by atoms with van der Waals surface area (Å²) in [5.41, 5.74) is 3.98. The highest BCUT2D eigenvalue weighted by molar-refractivity contribution is 5.96. The molecule has 0 saturated carbocycles. The third kappa shape index (κ3) is 2.60. The molecule has 0 spiro atoms. The van der Waals surface area contributed by atoms with Crippen molar-refractivity contribution in [1.82, 2.24) is 14.8 Å². The smallest absolute Gasteiger partial charge is 0.246 e. The molecule has 1 saturated heterocycles. The second-order valence-electron chi connectivity index (χ2n) is 7.19. The van der Waals surface area contributed by atoms with Crippen LogP contribution in [0.25, 0.3) is 10.9 Å². The van der Waals surface area contributed by atoms with Crippen molar-refractivity contribution in [3.8, 4) is 0 Å². The maximum Gasteiger partial charge on any atom is 0.246 e. The summed E-state index contributed by atoms with van der Waals surface area (Å²) in [5.74, 6) is -0.411. The Kier molecular flexibility index (Phi) is 3.53. The Morgan fingerprint density at radius 2 is 1.81 bits per heavy atom. The molecule has 0 unspecified atom stereocenters. The van der Waals surface area contributed by atoms with Crippen LogP contribution in [-0.2, 0) is 29.1 Å². The predicted octanol–water partition coefficient (Wildman–Crippen LogP) is 2.60. The molecule has 1 N–H and O–H groups in total. The number of piperazine rings is 1. The van der Waals surface area contributed by atoms with E-state index in [9.17, 15) is 14.0 Å². The third-order valence-electron chi connectivity index (χ3n) is 5.53. The molecule has 0 bridgehead atoms. The largest absolute Gasteiger partial charge is 0.357 e. The Balaban J connectivity index is 1.45. The summed E-state index contributed by atoms with van der Waals surface area (Å²) >= 11 is 0. The molecule has 3 aromatic rings. The van der Waals surface area contributed by atoms with Gasteiger partial charge in [0.05, 0.1) is 6.54 Å². The van der Waals surface area contributed by atoms with Crippen molar-refractivity contribution >= 4 is 22.7 Å². The van der Waals surface area contributed by atoms with Gasteiger partial charge in [-0.1, -0.05) is 30.3 Å². The zero-order valence-corrected chi connectivity index (χ0v) is 14.6. The van der Waals surface area contributed by atoms with E-state index in [0.29, 0.717) is 19.5 Å². The van der Waals surface area contributed by atoms with Crippen LogP contribution in [0, 0.1) is 5.82 Å². The minimum atomic E-state index is -0.474. The van der Waals surface area contributed by atoms with Gasteiger partial charge < -0.3 is 14.8 Å². The second-order valence-corrected chi connectivity index (χ2v) is 7.19. The highest BCUT2D eigenvalue weighted by Crippen LogP contribution is 2.32. The zero-order valence-electron chi connectivity index (χ0n) is 14.6. The molecule has 0 aliphatic carbocycles. The summed E-state index contributed by atoms with van der Waals surface area (Å²) in [4.78, 5) is 32.5. The van der Waals surface area contributed by atoms with Gasteiger partial charge in [-0.05, 0) is 29.3 Å². The van der Waals surface area contributed by atoms with Crippen molar-refractivity contribution in [3.63, 3.8) is 0 Å². The van der Waals surface area contributed by atoms with E-state index in [4.69, 9.17) is 0 Å². The fraction of sp³-hybridized carbons (Fsp3) is 0.238. The molecule has 0 radical (unpaired) electrons. The quantitative estimate of drug-likeness (QED) is 0.761. The molecule has 3 heterocycles. The van der Waals surface area contributed by atoms with Crippen LogP contribution >= 0.6 is 0 Å². The summed E-state index contributed by atoms with van der Waals surface area (Å²) in [6.45, 7) is 0.807. The molecule has 2 aliphatic heterocycles. The summed E-state index contributed by atoms with van der Waals surface area (Å²) in [5, 5.41) is 1.11. The molecule has 5 nitrogen and oxygen atoms in total. The number of rotatable bonds is 2. The fourth-order valence-corrected chi connectivity index (χ4v) is 4.18.